The van der Waals surface area contributed by atoms with Gasteiger partial charge in [0.2, 0.25) is 5.95 Å². The molecule has 43 heavy (non-hydrogen) atoms. The molecule has 1 fully saturated rings. The van der Waals surface area contributed by atoms with Gasteiger partial charge in [-0.15, -0.1) is 0 Å². The van der Waals surface area contributed by atoms with Crippen LogP contribution in [0, 0.1) is 10.1 Å². The molecule has 3 heterocycles. The van der Waals surface area contributed by atoms with Crippen LogP contribution in [0.2, 0.25) is 0 Å². The average Bonchev–Trinajstić information content (AvgIpc) is 3.31. The van der Waals surface area contributed by atoms with Crippen LogP contribution in [0.1, 0.15) is 49.2 Å². The first kappa shape index (κ1) is 30.0. The van der Waals surface area contributed by atoms with Gasteiger partial charge in [0.1, 0.15) is 17.0 Å². The van der Waals surface area contributed by atoms with Crippen molar-refractivity contribution in [1.82, 2.24) is 19.9 Å². The number of anilines is 5. The number of ether oxygens (including phenoxy) is 2. The summed E-state index contributed by atoms with van der Waals surface area (Å²) in [6.45, 7) is 5.49. The van der Waals surface area contributed by atoms with Crippen molar-refractivity contribution in [2.45, 2.75) is 44.6 Å². The van der Waals surface area contributed by atoms with E-state index >= 15 is 0 Å². The number of hydrogen-bond donors (Lipinski definition) is 1. The van der Waals surface area contributed by atoms with Crippen LogP contribution < -0.4 is 19.9 Å². The Morgan fingerprint density at radius 1 is 1.21 bits per heavy atom. The highest BCUT2D eigenvalue weighted by Crippen LogP contribution is 2.53. The van der Waals surface area contributed by atoms with Crippen molar-refractivity contribution in [2.75, 3.05) is 63.0 Å². The highest BCUT2D eigenvalue weighted by atomic mass is 16.6. The molecule has 0 radical (unpaired) electrons. The van der Waals surface area contributed by atoms with Gasteiger partial charge in [0.05, 0.1) is 35.2 Å². The number of nitro benzene ring substituents is 1. The number of nitrogens with zero attached hydrogens (tertiary/aromatic N) is 7. The lowest BCUT2D eigenvalue weighted by Gasteiger charge is -2.38. The van der Waals surface area contributed by atoms with Crippen LogP contribution in [-0.2, 0) is 10.2 Å². The third kappa shape index (κ3) is 5.89. The van der Waals surface area contributed by atoms with Crippen molar-refractivity contribution in [3.8, 4) is 5.75 Å². The number of rotatable bonds is 11. The molecule has 0 atom stereocenters. The van der Waals surface area contributed by atoms with Gasteiger partial charge in [-0.25, -0.2) is 9.78 Å². The van der Waals surface area contributed by atoms with E-state index in [1.807, 2.05) is 40.9 Å². The van der Waals surface area contributed by atoms with Crippen molar-refractivity contribution in [1.29, 1.82) is 0 Å². The van der Waals surface area contributed by atoms with E-state index in [0.717, 1.165) is 30.6 Å². The fourth-order valence-corrected chi connectivity index (χ4v) is 5.60. The van der Waals surface area contributed by atoms with Crippen molar-refractivity contribution in [3.63, 3.8) is 0 Å². The first-order valence-corrected chi connectivity index (χ1v) is 14.3. The predicted octanol–water partition coefficient (Wildman–Crippen LogP) is 4.67. The molecule has 13 nitrogen and oxygen atoms in total. The van der Waals surface area contributed by atoms with Gasteiger partial charge in [-0.1, -0.05) is 6.42 Å². The standard InChI is InChI=1S/C30H38N8O5/c1-19(2)43-28(39)20-17-32-29(34-27(20)37-18-30(10-8-11-30)26-22(37)9-7-12-31-26)33-21-15-24(38(40)41)23(16-25(21)42-6)36(5)14-13-35(3)4/h7,9,12,15-17,19H,8,10-11,13-14,18H2,1-6H3,(H,32,33,34). The van der Waals surface area contributed by atoms with Gasteiger partial charge in [-0.3, -0.25) is 15.1 Å². The number of nitrogens with one attached hydrogen (secondary N) is 1. The number of pyridine rings is 1. The number of fused-ring (bicyclic) bond motifs is 2. The molecule has 1 N–H and O–H groups in total. The van der Waals surface area contributed by atoms with Crippen LogP contribution in [0.3, 0.4) is 0 Å². The Bertz CT molecular complexity index is 1520. The summed E-state index contributed by atoms with van der Waals surface area (Å²) < 4.78 is 11.2. The minimum Gasteiger partial charge on any atom is -0.494 e. The van der Waals surface area contributed by atoms with Crippen LogP contribution in [0.15, 0.2) is 36.7 Å². The number of carbonyl (C=O) groups is 1. The molecule has 2 aliphatic rings. The van der Waals surface area contributed by atoms with E-state index in [1.165, 1.54) is 19.4 Å². The Hall–Kier alpha value is -4.52. The molecule has 2 aromatic heterocycles. The summed E-state index contributed by atoms with van der Waals surface area (Å²) in [5.74, 6) is 0.386. The number of benzene rings is 1. The Labute approximate surface area is 251 Å². The van der Waals surface area contributed by atoms with Crippen molar-refractivity contribution < 1.29 is 19.2 Å². The van der Waals surface area contributed by atoms with E-state index in [-0.39, 0.29) is 28.7 Å². The number of methoxy groups -OCH3 is 1. The second-order valence-electron chi connectivity index (χ2n) is 11.6. The zero-order chi connectivity index (χ0) is 30.9. The zero-order valence-electron chi connectivity index (χ0n) is 25.5. The first-order chi connectivity index (χ1) is 20.5. The fraction of sp³-hybridized carbons (Fsp3) is 0.467. The maximum absolute atomic E-state index is 13.2. The van der Waals surface area contributed by atoms with Crippen LogP contribution in [0.25, 0.3) is 0 Å². The van der Waals surface area contributed by atoms with Crippen molar-refractivity contribution >= 4 is 40.5 Å². The number of aromatic nitrogens is 3. The van der Waals surface area contributed by atoms with Gasteiger partial charge >= 0.3 is 5.97 Å². The molecule has 0 unspecified atom stereocenters. The Balaban J connectivity index is 1.55. The lowest BCUT2D eigenvalue weighted by atomic mass is 9.67. The largest absolute Gasteiger partial charge is 0.494 e. The number of carbonyl (C=O) groups excluding carboxylic acids is 1. The summed E-state index contributed by atoms with van der Waals surface area (Å²) in [7, 11) is 7.20. The van der Waals surface area contributed by atoms with Crippen LogP contribution in [0.5, 0.6) is 5.75 Å². The smallest absolute Gasteiger partial charge is 0.343 e. The Kier molecular flexibility index (Phi) is 8.36. The third-order valence-electron chi connectivity index (χ3n) is 7.97. The highest BCUT2D eigenvalue weighted by Gasteiger charge is 2.49. The SMILES string of the molecule is COc1cc(N(C)CCN(C)C)c([N+](=O)[O-])cc1Nc1ncc(C(=O)OC(C)C)c(N2CC3(CCC3)c3ncccc32)n1. The molecule has 13 heteroatoms. The molecule has 1 aliphatic heterocycles. The molecular formula is C30H38N8O5. The molecule has 1 saturated carbocycles. The lowest BCUT2D eigenvalue weighted by molar-refractivity contribution is -0.384. The molecule has 0 bridgehead atoms. The second kappa shape index (κ2) is 12.0. The number of hydrogen-bond acceptors (Lipinski definition) is 12. The minimum absolute atomic E-state index is 0.0895. The maximum atomic E-state index is 13.2. The van der Waals surface area contributed by atoms with Crippen molar-refractivity contribution in [3.05, 3.63) is 58.0 Å². The summed E-state index contributed by atoms with van der Waals surface area (Å²) in [6.07, 6.45) is 6.02. The van der Waals surface area contributed by atoms with Crippen LogP contribution in [-0.4, -0.2) is 84.7 Å². The summed E-state index contributed by atoms with van der Waals surface area (Å²) >= 11 is 0. The van der Waals surface area contributed by atoms with Gasteiger partial charge in [-0.05, 0) is 52.9 Å². The summed E-state index contributed by atoms with van der Waals surface area (Å²) in [5, 5.41) is 15.2. The van der Waals surface area contributed by atoms with Gasteiger partial charge in [0, 0.05) is 56.6 Å². The van der Waals surface area contributed by atoms with Gasteiger partial charge in [0.15, 0.2) is 5.82 Å². The summed E-state index contributed by atoms with van der Waals surface area (Å²) in [5.41, 5.74) is 2.69. The third-order valence-corrected chi connectivity index (χ3v) is 7.97. The molecule has 5 rings (SSSR count). The Morgan fingerprint density at radius 2 is 1.98 bits per heavy atom. The Morgan fingerprint density at radius 3 is 2.60 bits per heavy atom. The van der Waals surface area contributed by atoms with Crippen LogP contribution >= 0.6 is 0 Å². The van der Waals surface area contributed by atoms with Gasteiger partial charge < -0.3 is 29.5 Å². The maximum Gasteiger partial charge on any atom is 0.343 e. The quantitative estimate of drug-likeness (QED) is 0.189. The molecule has 1 aromatic carbocycles. The molecule has 0 saturated heterocycles. The monoisotopic (exact) mass is 590 g/mol. The molecular weight excluding hydrogens is 552 g/mol. The summed E-state index contributed by atoms with van der Waals surface area (Å²) in [4.78, 5) is 44.7. The molecule has 3 aromatic rings. The van der Waals surface area contributed by atoms with E-state index in [4.69, 9.17) is 19.4 Å². The van der Waals surface area contributed by atoms with Gasteiger partial charge in [0.25, 0.3) is 5.69 Å². The number of nitro groups is 1. The van der Waals surface area contributed by atoms with E-state index in [2.05, 4.69) is 10.3 Å². The zero-order valence-corrected chi connectivity index (χ0v) is 25.5. The minimum atomic E-state index is -0.533. The van der Waals surface area contributed by atoms with Crippen molar-refractivity contribution in [2.24, 2.45) is 0 Å². The van der Waals surface area contributed by atoms with E-state index in [9.17, 15) is 14.9 Å². The molecule has 228 valence electrons. The van der Waals surface area contributed by atoms with E-state index in [0.29, 0.717) is 42.6 Å². The van der Waals surface area contributed by atoms with E-state index in [1.54, 1.807) is 33.2 Å². The fourth-order valence-electron chi connectivity index (χ4n) is 5.60. The normalized spacial score (nSPS) is 14.9. The highest BCUT2D eigenvalue weighted by molar-refractivity contribution is 5.96. The second-order valence-corrected chi connectivity index (χ2v) is 11.6. The number of esters is 1. The first-order valence-electron chi connectivity index (χ1n) is 14.3. The predicted molar refractivity (Wildman–Crippen MR) is 164 cm³/mol. The average molecular weight is 591 g/mol. The molecule has 1 spiro atoms. The van der Waals surface area contributed by atoms with Gasteiger partial charge in [-0.2, -0.15) is 4.98 Å². The topological polar surface area (TPSA) is 139 Å². The van der Waals surface area contributed by atoms with Crippen LogP contribution in [0.4, 0.5) is 34.5 Å². The molecule has 0 amide bonds. The molecule has 1 aliphatic carbocycles. The number of likely N-dealkylation sites (N-methyl/N-ethyl adjacent to an activating group) is 2. The van der Waals surface area contributed by atoms with E-state index < -0.39 is 10.9 Å². The lowest BCUT2D eigenvalue weighted by Crippen LogP contribution is -2.39. The summed E-state index contributed by atoms with van der Waals surface area (Å²) in [6, 6.07) is 6.91.